The van der Waals surface area contributed by atoms with Gasteiger partial charge in [0.15, 0.2) is 0 Å². The van der Waals surface area contributed by atoms with Crippen LogP contribution in [-0.2, 0) is 10.0 Å². The van der Waals surface area contributed by atoms with Crippen molar-refractivity contribution >= 4 is 27.5 Å². The third-order valence-corrected chi connectivity index (χ3v) is 4.05. The number of sulfonamides is 1. The second kappa shape index (κ2) is 6.51. The topological polar surface area (TPSA) is 89.3 Å². The highest BCUT2D eigenvalue weighted by Crippen LogP contribution is 2.24. The molecule has 0 saturated carbocycles. The van der Waals surface area contributed by atoms with Gasteiger partial charge in [0.2, 0.25) is 10.0 Å². The van der Waals surface area contributed by atoms with Crippen molar-refractivity contribution in [2.24, 2.45) is 5.14 Å². The first-order valence-corrected chi connectivity index (χ1v) is 7.92. The Balaban J connectivity index is 3.16. The Morgan fingerprint density at radius 3 is 2.60 bits per heavy atom. The maximum absolute atomic E-state index is 13.7. The molecule has 112 valence electrons. The molecule has 1 rings (SSSR count). The number of halogens is 2. The van der Waals surface area contributed by atoms with Crippen LogP contribution >= 0.6 is 11.6 Å². The van der Waals surface area contributed by atoms with E-state index in [-0.39, 0.29) is 11.1 Å². The number of carbonyl (C=O) groups excluding carboxylic acids is 1. The highest BCUT2D eigenvalue weighted by Gasteiger charge is 2.21. The number of benzene rings is 1. The summed E-state index contributed by atoms with van der Waals surface area (Å²) in [4.78, 5) is 11.4. The van der Waals surface area contributed by atoms with Gasteiger partial charge in [0, 0.05) is 6.04 Å². The molecular weight excluding hydrogens is 307 g/mol. The molecule has 0 radical (unpaired) electrons. The summed E-state index contributed by atoms with van der Waals surface area (Å²) in [5.41, 5.74) is -0.402. The van der Waals surface area contributed by atoms with Gasteiger partial charge < -0.3 is 5.32 Å². The van der Waals surface area contributed by atoms with Crippen molar-refractivity contribution < 1.29 is 17.6 Å². The third kappa shape index (κ3) is 4.16. The van der Waals surface area contributed by atoms with E-state index in [9.17, 15) is 17.6 Å². The van der Waals surface area contributed by atoms with E-state index in [4.69, 9.17) is 16.7 Å². The smallest absolute Gasteiger partial charge is 0.254 e. The summed E-state index contributed by atoms with van der Waals surface area (Å²) in [7, 11) is -4.12. The normalized spacial score (nSPS) is 13.1. The zero-order valence-corrected chi connectivity index (χ0v) is 12.7. The molecule has 5 nitrogen and oxygen atoms in total. The number of carbonyl (C=O) groups is 1. The molecule has 8 heteroatoms. The fourth-order valence-electron chi connectivity index (χ4n) is 1.73. The summed E-state index contributed by atoms with van der Waals surface area (Å²) >= 11 is 5.62. The molecule has 1 aromatic rings. The second-order valence-corrected chi connectivity index (χ2v) is 6.41. The molecule has 0 spiro atoms. The fourth-order valence-corrected chi connectivity index (χ4v) is 2.81. The summed E-state index contributed by atoms with van der Waals surface area (Å²) < 4.78 is 36.3. The monoisotopic (exact) mass is 322 g/mol. The average molecular weight is 323 g/mol. The van der Waals surface area contributed by atoms with Crippen LogP contribution in [0.3, 0.4) is 0 Å². The lowest BCUT2D eigenvalue weighted by molar-refractivity contribution is 0.0934. The molecule has 3 N–H and O–H groups in total. The lowest BCUT2D eigenvalue weighted by atomic mass is 10.1. The zero-order valence-electron chi connectivity index (χ0n) is 11.1. The highest BCUT2D eigenvalue weighted by atomic mass is 35.5. The van der Waals surface area contributed by atoms with E-state index in [1.165, 1.54) is 0 Å². The molecule has 1 aromatic carbocycles. The van der Waals surface area contributed by atoms with E-state index in [1.807, 2.05) is 6.92 Å². The molecule has 0 aliphatic rings. The average Bonchev–Trinajstić information content (AvgIpc) is 2.26. The maximum atomic E-state index is 13.7. The zero-order chi connectivity index (χ0) is 15.5. The molecule has 1 amide bonds. The molecule has 0 saturated heterocycles. The summed E-state index contributed by atoms with van der Waals surface area (Å²) in [6.45, 7) is 3.72. The van der Waals surface area contributed by atoms with Crippen LogP contribution in [0.4, 0.5) is 4.39 Å². The SMILES string of the molecule is CCCC(C)NC(=O)c1cc(S(N)(=O)=O)c(Cl)cc1F. The van der Waals surface area contributed by atoms with Crippen LogP contribution in [0.2, 0.25) is 5.02 Å². The number of rotatable bonds is 5. The molecule has 0 bridgehead atoms. The Kier molecular flexibility index (Phi) is 5.50. The van der Waals surface area contributed by atoms with Crippen molar-refractivity contribution in [3.8, 4) is 0 Å². The molecular formula is C12H16ClFN2O3S. The number of hydrogen-bond acceptors (Lipinski definition) is 3. The van der Waals surface area contributed by atoms with Crippen molar-refractivity contribution in [3.63, 3.8) is 0 Å². The Bertz CT molecular complexity index is 619. The van der Waals surface area contributed by atoms with Gasteiger partial charge in [-0.1, -0.05) is 24.9 Å². The standard InChI is InChI=1S/C12H16ClFN2O3S/c1-3-4-7(2)16-12(17)8-5-11(20(15,18)19)9(13)6-10(8)14/h5-7H,3-4H2,1-2H3,(H,16,17)(H2,15,18,19). The highest BCUT2D eigenvalue weighted by molar-refractivity contribution is 7.89. The Hall–Kier alpha value is -1.18. The summed E-state index contributed by atoms with van der Waals surface area (Å²) in [5.74, 6) is -1.60. The minimum atomic E-state index is -4.12. The van der Waals surface area contributed by atoms with Crippen molar-refractivity contribution in [1.29, 1.82) is 0 Å². The molecule has 0 aliphatic carbocycles. The maximum Gasteiger partial charge on any atom is 0.254 e. The number of hydrogen-bond donors (Lipinski definition) is 2. The number of amides is 1. The molecule has 1 unspecified atom stereocenters. The van der Waals surface area contributed by atoms with Crippen LogP contribution in [0, 0.1) is 5.82 Å². The van der Waals surface area contributed by atoms with Crippen LogP contribution in [0.25, 0.3) is 0 Å². The number of nitrogens with one attached hydrogen (secondary N) is 1. The van der Waals surface area contributed by atoms with Crippen molar-refractivity contribution in [1.82, 2.24) is 5.32 Å². The van der Waals surface area contributed by atoms with Crippen molar-refractivity contribution in [2.75, 3.05) is 0 Å². The van der Waals surface area contributed by atoms with E-state index < -0.39 is 32.2 Å². The van der Waals surface area contributed by atoms with Crippen LogP contribution in [0.1, 0.15) is 37.0 Å². The van der Waals surface area contributed by atoms with Crippen LogP contribution in [0.5, 0.6) is 0 Å². The van der Waals surface area contributed by atoms with Gasteiger partial charge in [-0.25, -0.2) is 17.9 Å². The van der Waals surface area contributed by atoms with E-state index in [0.29, 0.717) is 0 Å². The lowest BCUT2D eigenvalue weighted by Gasteiger charge is -2.14. The largest absolute Gasteiger partial charge is 0.349 e. The minimum Gasteiger partial charge on any atom is -0.349 e. The molecule has 0 aromatic heterocycles. The van der Waals surface area contributed by atoms with Crippen LogP contribution in [0.15, 0.2) is 17.0 Å². The van der Waals surface area contributed by atoms with E-state index in [0.717, 1.165) is 25.0 Å². The molecule has 20 heavy (non-hydrogen) atoms. The van der Waals surface area contributed by atoms with Gasteiger partial charge in [-0.3, -0.25) is 4.79 Å². The Morgan fingerprint density at radius 1 is 1.50 bits per heavy atom. The second-order valence-electron chi connectivity index (χ2n) is 4.47. The van der Waals surface area contributed by atoms with Gasteiger partial charge in [0.05, 0.1) is 10.6 Å². The third-order valence-electron chi connectivity index (χ3n) is 2.67. The summed E-state index contributed by atoms with van der Waals surface area (Å²) in [5, 5.41) is 7.18. The molecule has 0 heterocycles. The molecule has 0 fully saturated rings. The number of primary sulfonamides is 1. The van der Waals surface area contributed by atoms with Gasteiger partial charge in [0.25, 0.3) is 5.91 Å². The van der Waals surface area contributed by atoms with E-state index in [2.05, 4.69) is 5.32 Å². The number of nitrogens with two attached hydrogens (primary N) is 1. The van der Waals surface area contributed by atoms with E-state index >= 15 is 0 Å². The summed E-state index contributed by atoms with van der Waals surface area (Å²) in [6, 6.07) is 1.46. The predicted molar refractivity (Wildman–Crippen MR) is 74.6 cm³/mol. The first-order chi connectivity index (χ1) is 9.16. The quantitative estimate of drug-likeness (QED) is 0.869. The van der Waals surface area contributed by atoms with Crippen molar-refractivity contribution in [3.05, 3.63) is 28.5 Å². The first kappa shape index (κ1) is 16.9. The lowest BCUT2D eigenvalue weighted by Crippen LogP contribution is -2.33. The van der Waals surface area contributed by atoms with Crippen molar-refractivity contribution in [2.45, 2.75) is 37.6 Å². The van der Waals surface area contributed by atoms with Gasteiger partial charge in [-0.2, -0.15) is 0 Å². The van der Waals surface area contributed by atoms with Gasteiger partial charge in [-0.15, -0.1) is 0 Å². The Morgan fingerprint density at radius 2 is 2.10 bits per heavy atom. The fraction of sp³-hybridized carbons (Fsp3) is 0.417. The summed E-state index contributed by atoms with van der Waals surface area (Å²) in [6.07, 6.45) is 1.58. The molecule has 0 aliphatic heterocycles. The van der Waals surface area contributed by atoms with Gasteiger partial charge in [0.1, 0.15) is 10.7 Å². The minimum absolute atomic E-state index is 0.152. The Labute approximate surface area is 122 Å². The molecule has 1 atom stereocenters. The van der Waals surface area contributed by atoms with Crippen LogP contribution < -0.4 is 10.5 Å². The van der Waals surface area contributed by atoms with Gasteiger partial charge in [-0.05, 0) is 25.5 Å². The predicted octanol–water partition coefficient (Wildman–Crippen LogP) is 2.04. The van der Waals surface area contributed by atoms with E-state index in [1.54, 1.807) is 6.92 Å². The van der Waals surface area contributed by atoms with Crippen LogP contribution in [-0.4, -0.2) is 20.4 Å². The first-order valence-electron chi connectivity index (χ1n) is 5.99. The van der Waals surface area contributed by atoms with Gasteiger partial charge >= 0.3 is 0 Å².